The molecule has 0 saturated heterocycles. The largest absolute Gasteiger partial charge is 0.494 e. The number of nitrogens with one attached hydrogen (secondary N) is 1. The maximum atomic E-state index is 12.1. The second kappa shape index (κ2) is 10.0. The Morgan fingerprint density at radius 1 is 1.14 bits per heavy atom. The summed E-state index contributed by atoms with van der Waals surface area (Å²) in [5, 5.41) is 7.56. The summed E-state index contributed by atoms with van der Waals surface area (Å²) in [5.74, 6) is -0.303. The molecule has 0 unspecified atom stereocenters. The van der Waals surface area contributed by atoms with Gasteiger partial charge in [-0.15, -0.1) is 0 Å². The molecule has 156 valence electrons. The third-order valence-electron chi connectivity index (χ3n) is 3.91. The molecule has 3 N–H and O–H groups in total. The molecule has 1 atom stereocenters. The van der Waals surface area contributed by atoms with Gasteiger partial charge in [0.05, 0.1) is 11.5 Å². The number of esters is 1. The van der Waals surface area contributed by atoms with Crippen molar-refractivity contribution in [1.29, 1.82) is 0 Å². The number of primary sulfonamides is 1. The average molecular weight is 420 g/mol. The van der Waals surface area contributed by atoms with Crippen LogP contribution >= 0.6 is 0 Å². The van der Waals surface area contributed by atoms with Crippen molar-refractivity contribution in [3.8, 4) is 5.75 Å². The monoisotopic (exact) mass is 420 g/mol. The minimum atomic E-state index is -3.80. The van der Waals surface area contributed by atoms with Crippen molar-refractivity contribution in [2.24, 2.45) is 5.14 Å². The van der Waals surface area contributed by atoms with Gasteiger partial charge in [-0.3, -0.25) is 9.59 Å². The molecule has 2 aromatic carbocycles. The van der Waals surface area contributed by atoms with Crippen molar-refractivity contribution in [1.82, 2.24) is 0 Å². The molecular formula is C20H24N2O6S. The fraction of sp³-hybridized carbons (Fsp3) is 0.300. The van der Waals surface area contributed by atoms with Gasteiger partial charge >= 0.3 is 5.97 Å². The quantitative estimate of drug-likeness (QED) is 0.474. The Hall–Kier alpha value is -2.91. The molecule has 0 saturated carbocycles. The van der Waals surface area contributed by atoms with Gasteiger partial charge < -0.3 is 14.8 Å². The molecule has 0 fully saturated rings. The fourth-order valence-corrected chi connectivity index (χ4v) is 2.91. The van der Waals surface area contributed by atoms with E-state index in [-0.39, 0.29) is 11.3 Å². The van der Waals surface area contributed by atoms with Crippen LogP contribution in [0.3, 0.4) is 0 Å². The summed E-state index contributed by atoms with van der Waals surface area (Å²) in [6, 6.07) is 12.9. The van der Waals surface area contributed by atoms with Gasteiger partial charge in [-0.2, -0.15) is 0 Å². The summed E-state index contributed by atoms with van der Waals surface area (Å²) in [7, 11) is -3.80. The molecule has 0 aromatic heterocycles. The summed E-state index contributed by atoms with van der Waals surface area (Å²) < 4.78 is 33.1. The molecule has 2 aromatic rings. The smallest absolute Gasteiger partial charge is 0.306 e. The number of hydrogen-bond donors (Lipinski definition) is 2. The van der Waals surface area contributed by atoms with E-state index in [2.05, 4.69) is 5.32 Å². The van der Waals surface area contributed by atoms with Crippen molar-refractivity contribution in [3.63, 3.8) is 0 Å². The van der Waals surface area contributed by atoms with Crippen LogP contribution in [0, 0.1) is 6.92 Å². The second-order valence-corrected chi connectivity index (χ2v) is 8.02. The first-order valence-electron chi connectivity index (χ1n) is 8.98. The van der Waals surface area contributed by atoms with E-state index in [0.717, 1.165) is 11.3 Å². The predicted molar refractivity (Wildman–Crippen MR) is 108 cm³/mol. The number of nitrogens with two attached hydrogens (primary N) is 1. The van der Waals surface area contributed by atoms with Gasteiger partial charge in [-0.25, -0.2) is 13.6 Å². The van der Waals surface area contributed by atoms with Gasteiger partial charge in [0.15, 0.2) is 6.10 Å². The lowest BCUT2D eigenvalue weighted by molar-refractivity contribution is -0.153. The van der Waals surface area contributed by atoms with Gasteiger partial charge in [-0.1, -0.05) is 12.1 Å². The molecule has 1 amide bonds. The van der Waals surface area contributed by atoms with Crippen molar-refractivity contribution < 1.29 is 27.5 Å². The van der Waals surface area contributed by atoms with Crippen LogP contribution in [-0.4, -0.2) is 33.0 Å². The third kappa shape index (κ3) is 7.55. The molecule has 0 aliphatic carbocycles. The topological polar surface area (TPSA) is 125 Å². The molecule has 0 aliphatic rings. The van der Waals surface area contributed by atoms with Gasteiger partial charge in [0.2, 0.25) is 10.0 Å². The number of benzene rings is 2. The Labute approximate surface area is 170 Å². The Morgan fingerprint density at radius 2 is 1.83 bits per heavy atom. The third-order valence-corrected chi connectivity index (χ3v) is 4.84. The standard InChI is InChI=1S/C20H24N2O6S/c1-14-5-3-6-17(13-14)27-12-4-7-19(23)28-15(2)20(24)22-16-8-10-18(11-9-16)29(21,25)26/h3,5-6,8-11,13,15H,4,7,12H2,1-2H3,(H,22,24)(H2,21,25,26)/t15-/m1/s1. The minimum Gasteiger partial charge on any atom is -0.494 e. The van der Waals surface area contributed by atoms with Crippen molar-refractivity contribution in [3.05, 3.63) is 54.1 Å². The highest BCUT2D eigenvalue weighted by Gasteiger charge is 2.18. The average Bonchev–Trinajstić information content (AvgIpc) is 2.65. The molecule has 2 rings (SSSR count). The number of aryl methyl sites for hydroxylation is 1. The highest BCUT2D eigenvalue weighted by molar-refractivity contribution is 7.89. The highest BCUT2D eigenvalue weighted by Crippen LogP contribution is 2.14. The first-order chi connectivity index (χ1) is 13.6. The van der Waals surface area contributed by atoms with E-state index >= 15 is 0 Å². The van der Waals surface area contributed by atoms with Crippen LogP contribution in [0.5, 0.6) is 5.75 Å². The van der Waals surface area contributed by atoms with Crippen LogP contribution in [-0.2, 0) is 24.3 Å². The van der Waals surface area contributed by atoms with E-state index in [1.807, 2.05) is 31.2 Å². The summed E-state index contributed by atoms with van der Waals surface area (Å²) in [6.45, 7) is 3.77. The molecular weight excluding hydrogens is 396 g/mol. The zero-order chi connectivity index (χ0) is 21.4. The number of sulfonamides is 1. The number of amides is 1. The lowest BCUT2D eigenvalue weighted by Gasteiger charge is -2.14. The van der Waals surface area contributed by atoms with Crippen LogP contribution in [0.1, 0.15) is 25.3 Å². The number of carbonyl (C=O) groups is 2. The zero-order valence-electron chi connectivity index (χ0n) is 16.3. The van der Waals surface area contributed by atoms with Crippen LogP contribution in [0.2, 0.25) is 0 Å². The minimum absolute atomic E-state index is 0.0668. The number of ether oxygens (including phenoxy) is 2. The number of carbonyl (C=O) groups excluding carboxylic acids is 2. The molecule has 29 heavy (non-hydrogen) atoms. The maximum Gasteiger partial charge on any atom is 0.306 e. The lowest BCUT2D eigenvalue weighted by atomic mass is 10.2. The molecule has 0 radical (unpaired) electrons. The van der Waals surface area contributed by atoms with Gasteiger partial charge in [0.1, 0.15) is 5.75 Å². The van der Waals surface area contributed by atoms with E-state index in [1.54, 1.807) is 0 Å². The van der Waals surface area contributed by atoms with E-state index in [0.29, 0.717) is 18.7 Å². The van der Waals surface area contributed by atoms with E-state index in [1.165, 1.54) is 31.2 Å². The van der Waals surface area contributed by atoms with Gasteiger partial charge in [0.25, 0.3) is 5.91 Å². The Kier molecular flexibility index (Phi) is 7.74. The van der Waals surface area contributed by atoms with Gasteiger partial charge in [0, 0.05) is 12.1 Å². The molecule has 0 spiro atoms. The van der Waals surface area contributed by atoms with Crippen LogP contribution in [0.15, 0.2) is 53.4 Å². The number of hydrogen-bond acceptors (Lipinski definition) is 6. The lowest BCUT2D eigenvalue weighted by Crippen LogP contribution is -2.30. The van der Waals surface area contributed by atoms with Crippen molar-refractivity contribution >= 4 is 27.6 Å². The Morgan fingerprint density at radius 3 is 2.45 bits per heavy atom. The highest BCUT2D eigenvalue weighted by atomic mass is 32.2. The van der Waals surface area contributed by atoms with Gasteiger partial charge in [-0.05, 0) is 62.2 Å². The normalized spacial score (nSPS) is 12.1. The van der Waals surface area contributed by atoms with Crippen LogP contribution < -0.4 is 15.2 Å². The maximum absolute atomic E-state index is 12.1. The van der Waals surface area contributed by atoms with Crippen LogP contribution in [0.4, 0.5) is 5.69 Å². The summed E-state index contributed by atoms with van der Waals surface area (Å²) >= 11 is 0. The number of rotatable bonds is 9. The zero-order valence-corrected chi connectivity index (χ0v) is 17.1. The van der Waals surface area contributed by atoms with E-state index in [9.17, 15) is 18.0 Å². The van der Waals surface area contributed by atoms with E-state index < -0.39 is 28.0 Å². The van der Waals surface area contributed by atoms with Crippen molar-refractivity contribution in [2.45, 2.75) is 37.7 Å². The molecule has 9 heteroatoms. The summed E-state index contributed by atoms with van der Waals surface area (Å²) in [4.78, 5) is 23.9. The first-order valence-corrected chi connectivity index (χ1v) is 10.5. The Balaban J connectivity index is 1.73. The molecule has 0 aliphatic heterocycles. The Bertz CT molecular complexity index is 957. The molecule has 0 heterocycles. The predicted octanol–water partition coefficient (Wildman–Crippen LogP) is 2.37. The molecule has 0 bridgehead atoms. The number of anilines is 1. The summed E-state index contributed by atoms with van der Waals surface area (Å²) in [5.41, 5.74) is 1.44. The SMILES string of the molecule is Cc1cccc(OCCCC(=O)O[C@H](C)C(=O)Nc2ccc(S(N)(=O)=O)cc2)c1. The van der Waals surface area contributed by atoms with E-state index in [4.69, 9.17) is 14.6 Å². The summed E-state index contributed by atoms with van der Waals surface area (Å²) in [6.07, 6.45) is -0.430. The first kappa shape index (κ1) is 22.4. The second-order valence-electron chi connectivity index (χ2n) is 6.46. The fourth-order valence-electron chi connectivity index (χ4n) is 2.39. The molecule has 8 nitrogen and oxygen atoms in total. The van der Waals surface area contributed by atoms with Crippen molar-refractivity contribution in [2.75, 3.05) is 11.9 Å². The van der Waals surface area contributed by atoms with Crippen LogP contribution in [0.25, 0.3) is 0 Å².